The smallest absolute Gasteiger partial charge is 0.269 e. The Morgan fingerprint density at radius 1 is 1.58 bits per heavy atom. The number of nitro groups is 1. The average Bonchev–Trinajstić information content (AvgIpc) is 2.39. The van der Waals surface area contributed by atoms with Crippen molar-refractivity contribution >= 4 is 11.6 Å². The number of carbonyl (C=O) groups is 1. The lowest BCUT2D eigenvalue weighted by molar-refractivity contribution is -0.384. The third kappa shape index (κ3) is 3.51. The third-order valence-corrected chi connectivity index (χ3v) is 3.20. The predicted octanol–water partition coefficient (Wildman–Crippen LogP) is 0.958. The van der Waals surface area contributed by atoms with E-state index in [1.807, 2.05) is 6.92 Å². The molecule has 6 nitrogen and oxygen atoms in total. The largest absolute Gasteiger partial charge is 0.340 e. The van der Waals surface area contributed by atoms with Crippen molar-refractivity contribution in [2.75, 3.05) is 19.6 Å². The number of amides is 1. The molecule has 102 valence electrons. The van der Waals surface area contributed by atoms with Crippen molar-refractivity contribution in [3.63, 3.8) is 0 Å². The number of nitro benzene ring substituents is 1. The van der Waals surface area contributed by atoms with Gasteiger partial charge in [-0.1, -0.05) is 12.1 Å². The molecule has 0 aromatic heterocycles. The fourth-order valence-electron chi connectivity index (χ4n) is 2.23. The maximum Gasteiger partial charge on any atom is 0.269 e. The molecule has 1 aliphatic heterocycles. The van der Waals surface area contributed by atoms with E-state index in [2.05, 4.69) is 5.32 Å². The minimum absolute atomic E-state index is 0.0221. The van der Waals surface area contributed by atoms with Crippen LogP contribution in [-0.4, -0.2) is 41.4 Å². The molecule has 1 heterocycles. The Morgan fingerprint density at radius 2 is 2.37 bits per heavy atom. The van der Waals surface area contributed by atoms with Crippen LogP contribution in [0.2, 0.25) is 0 Å². The van der Waals surface area contributed by atoms with Crippen LogP contribution >= 0.6 is 0 Å². The van der Waals surface area contributed by atoms with E-state index in [1.54, 1.807) is 17.0 Å². The molecule has 1 fully saturated rings. The van der Waals surface area contributed by atoms with Crippen molar-refractivity contribution in [3.8, 4) is 0 Å². The lowest BCUT2D eigenvalue weighted by Crippen LogP contribution is -2.51. The van der Waals surface area contributed by atoms with Crippen molar-refractivity contribution in [3.05, 3.63) is 39.9 Å². The van der Waals surface area contributed by atoms with Gasteiger partial charge in [-0.15, -0.1) is 0 Å². The molecule has 0 bridgehead atoms. The van der Waals surface area contributed by atoms with E-state index in [-0.39, 0.29) is 18.0 Å². The zero-order valence-electron chi connectivity index (χ0n) is 10.8. The summed E-state index contributed by atoms with van der Waals surface area (Å²) in [5, 5.41) is 14.0. The topological polar surface area (TPSA) is 75.5 Å². The van der Waals surface area contributed by atoms with Gasteiger partial charge < -0.3 is 10.2 Å². The van der Waals surface area contributed by atoms with E-state index in [0.717, 1.165) is 6.54 Å². The normalized spacial score (nSPS) is 19.2. The Hall–Kier alpha value is -1.95. The van der Waals surface area contributed by atoms with Gasteiger partial charge in [0, 0.05) is 37.8 Å². The molecule has 1 saturated heterocycles. The molecule has 1 N–H and O–H groups in total. The van der Waals surface area contributed by atoms with Gasteiger partial charge in [-0.25, -0.2) is 0 Å². The molecule has 0 aliphatic carbocycles. The zero-order chi connectivity index (χ0) is 13.8. The lowest BCUT2D eigenvalue weighted by Gasteiger charge is -2.32. The van der Waals surface area contributed by atoms with Gasteiger partial charge in [0.15, 0.2) is 0 Å². The van der Waals surface area contributed by atoms with E-state index in [9.17, 15) is 14.9 Å². The van der Waals surface area contributed by atoms with Crippen molar-refractivity contribution in [1.29, 1.82) is 0 Å². The highest BCUT2D eigenvalue weighted by Crippen LogP contribution is 2.14. The van der Waals surface area contributed by atoms with Crippen LogP contribution in [0.15, 0.2) is 24.3 Å². The number of hydrogen-bond acceptors (Lipinski definition) is 4. The van der Waals surface area contributed by atoms with Crippen LogP contribution in [0.3, 0.4) is 0 Å². The number of non-ortho nitro benzene ring substituents is 1. The monoisotopic (exact) mass is 263 g/mol. The first kappa shape index (κ1) is 13.5. The van der Waals surface area contributed by atoms with Crippen molar-refractivity contribution in [2.45, 2.75) is 19.4 Å². The molecule has 2 rings (SSSR count). The van der Waals surface area contributed by atoms with Gasteiger partial charge in [-0.3, -0.25) is 14.9 Å². The molecule has 1 aromatic rings. The molecule has 0 spiro atoms. The lowest BCUT2D eigenvalue weighted by atomic mass is 10.1. The number of nitrogens with zero attached hydrogens (tertiary/aromatic N) is 2. The van der Waals surface area contributed by atoms with Crippen LogP contribution in [0, 0.1) is 10.1 Å². The highest BCUT2D eigenvalue weighted by molar-refractivity contribution is 5.79. The Bertz CT molecular complexity index is 490. The summed E-state index contributed by atoms with van der Waals surface area (Å²) in [7, 11) is 0. The van der Waals surface area contributed by atoms with Crippen LogP contribution in [0.25, 0.3) is 0 Å². The molecular formula is C13H17N3O3. The summed E-state index contributed by atoms with van der Waals surface area (Å²) in [6.07, 6.45) is 0.217. The van der Waals surface area contributed by atoms with E-state index in [4.69, 9.17) is 0 Å². The summed E-state index contributed by atoms with van der Waals surface area (Å²) in [5.74, 6) is 0.0221. The summed E-state index contributed by atoms with van der Waals surface area (Å²) in [5.41, 5.74) is 0.712. The van der Waals surface area contributed by atoms with Gasteiger partial charge in [0.25, 0.3) is 5.69 Å². The maximum absolute atomic E-state index is 12.1. The van der Waals surface area contributed by atoms with E-state index < -0.39 is 4.92 Å². The molecule has 0 saturated carbocycles. The Labute approximate surface area is 111 Å². The quantitative estimate of drug-likeness (QED) is 0.651. The molecule has 1 aliphatic rings. The highest BCUT2D eigenvalue weighted by Gasteiger charge is 2.20. The van der Waals surface area contributed by atoms with E-state index in [1.165, 1.54) is 12.1 Å². The second-order valence-electron chi connectivity index (χ2n) is 4.80. The summed E-state index contributed by atoms with van der Waals surface area (Å²) in [6.45, 7) is 4.21. The van der Waals surface area contributed by atoms with Crippen molar-refractivity contribution in [2.24, 2.45) is 0 Å². The molecule has 0 unspecified atom stereocenters. The minimum Gasteiger partial charge on any atom is -0.340 e. The van der Waals surface area contributed by atoms with E-state index >= 15 is 0 Å². The Kier molecular flexibility index (Phi) is 4.11. The van der Waals surface area contributed by atoms with Crippen LogP contribution in [0.5, 0.6) is 0 Å². The molecule has 1 amide bonds. The average molecular weight is 263 g/mol. The van der Waals surface area contributed by atoms with E-state index in [0.29, 0.717) is 24.7 Å². The van der Waals surface area contributed by atoms with Gasteiger partial charge in [0.2, 0.25) is 5.91 Å². The van der Waals surface area contributed by atoms with Gasteiger partial charge in [0.1, 0.15) is 0 Å². The standard InChI is InChI=1S/C13H17N3O3/c1-10-9-15(6-5-14-10)13(17)8-11-3-2-4-12(7-11)16(18)19/h2-4,7,10,14H,5-6,8-9H2,1H3/t10-/m1/s1. The highest BCUT2D eigenvalue weighted by atomic mass is 16.6. The molecule has 0 radical (unpaired) electrons. The summed E-state index contributed by atoms with van der Waals surface area (Å²) in [4.78, 5) is 24.2. The molecule has 6 heteroatoms. The van der Waals surface area contributed by atoms with Crippen molar-refractivity contribution < 1.29 is 9.72 Å². The van der Waals surface area contributed by atoms with Crippen molar-refractivity contribution in [1.82, 2.24) is 10.2 Å². The van der Waals surface area contributed by atoms with Gasteiger partial charge >= 0.3 is 0 Å². The number of benzene rings is 1. The number of rotatable bonds is 3. The molecule has 1 aromatic carbocycles. The van der Waals surface area contributed by atoms with Crippen LogP contribution < -0.4 is 5.32 Å². The summed E-state index contributed by atoms with van der Waals surface area (Å²) < 4.78 is 0. The first-order valence-corrected chi connectivity index (χ1v) is 6.31. The zero-order valence-corrected chi connectivity index (χ0v) is 10.8. The second-order valence-corrected chi connectivity index (χ2v) is 4.80. The third-order valence-electron chi connectivity index (χ3n) is 3.20. The minimum atomic E-state index is -0.444. The van der Waals surface area contributed by atoms with Gasteiger partial charge in [-0.05, 0) is 12.5 Å². The number of carbonyl (C=O) groups excluding carboxylic acids is 1. The number of hydrogen-bond donors (Lipinski definition) is 1. The first-order chi connectivity index (χ1) is 9.06. The Balaban J connectivity index is 2.02. The van der Waals surface area contributed by atoms with Gasteiger partial charge in [0.05, 0.1) is 11.3 Å². The fraction of sp³-hybridized carbons (Fsp3) is 0.462. The number of nitrogens with one attached hydrogen (secondary N) is 1. The fourth-order valence-corrected chi connectivity index (χ4v) is 2.23. The van der Waals surface area contributed by atoms with Gasteiger partial charge in [-0.2, -0.15) is 0 Å². The van der Waals surface area contributed by atoms with Crippen LogP contribution in [-0.2, 0) is 11.2 Å². The van der Waals surface area contributed by atoms with Crippen LogP contribution in [0.4, 0.5) is 5.69 Å². The second kappa shape index (κ2) is 5.79. The predicted molar refractivity (Wildman–Crippen MR) is 70.8 cm³/mol. The van der Waals surface area contributed by atoms with Crippen LogP contribution in [0.1, 0.15) is 12.5 Å². The molecule has 19 heavy (non-hydrogen) atoms. The maximum atomic E-state index is 12.1. The summed E-state index contributed by atoms with van der Waals surface area (Å²) in [6, 6.07) is 6.55. The Morgan fingerprint density at radius 3 is 3.05 bits per heavy atom. The molecular weight excluding hydrogens is 246 g/mol. The first-order valence-electron chi connectivity index (χ1n) is 6.31. The molecule has 1 atom stereocenters. The SMILES string of the molecule is C[C@@H]1CN(C(=O)Cc2cccc([N+](=O)[O-])c2)CCN1. The summed E-state index contributed by atoms with van der Waals surface area (Å²) >= 11 is 0. The number of piperazine rings is 1.